The van der Waals surface area contributed by atoms with Gasteiger partial charge in [-0.1, -0.05) is 6.92 Å². The van der Waals surface area contributed by atoms with Crippen LogP contribution < -0.4 is 10.6 Å². The fraction of sp³-hybridized carbons (Fsp3) is 0.800. The lowest BCUT2D eigenvalue weighted by Crippen LogP contribution is -2.49. The Hall–Kier alpha value is -1.08. The lowest BCUT2D eigenvalue weighted by atomic mass is 9.88. The Morgan fingerprint density at radius 1 is 1.71 bits per heavy atom. The van der Waals surface area contributed by atoms with Crippen molar-refractivity contribution >= 4 is 5.91 Å². The molecular formula is C10H17N3O. The van der Waals surface area contributed by atoms with E-state index in [1.807, 2.05) is 6.92 Å². The monoisotopic (exact) mass is 195 g/mol. The van der Waals surface area contributed by atoms with Crippen LogP contribution in [0.4, 0.5) is 0 Å². The van der Waals surface area contributed by atoms with Crippen molar-refractivity contribution in [2.45, 2.75) is 19.8 Å². The van der Waals surface area contributed by atoms with Crippen LogP contribution in [0.3, 0.4) is 0 Å². The van der Waals surface area contributed by atoms with E-state index in [-0.39, 0.29) is 11.8 Å². The Labute approximate surface area is 84.7 Å². The normalized spacial score (nSPS) is 18.0. The number of unbranched alkanes of at least 4 members (excludes halogenated alkanes) is 1. The highest BCUT2D eigenvalue weighted by atomic mass is 16.1. The van der Waals surface area contributed by atoms with E-state index in [4.69, 9.17) is 5.26 Å². The van der Waals surface area contributed by atoms with Gasteiger partial charge in [0.15, 0.2) is 0 Å². The molecule has 14 heavy (non-hydrogen) atoms. The van der Waals surface area contributed by atoms with Gasteiger partial charge in [-0.05, 0) is 25.4 Å². The maximum Gasteiger partial charge on any atom is 0.223 e. The van der Waals surface area contributed by atoms with Crippen LogP contribution in [-0.2, 0) is 4.79 Å². The average Bonchev–Trinajstić information content (AvgIpc) is 2.09. The molecule has 0 aromatic carbocycles. The molecule has 0 aliphatic carbocycles. The zero-order valence-corrected chi connectivity index (χ0v) is 8.55. The second-order valence-electron chi connectivity index (χ2n) is 3.76. The fourth-order valence-electron chi connectivity index (χ4n) is 1.42. The summed E-state index contributed by atoms with van der Waals surface area (Å²) in [5.74, 6) is 0.707. The summed E-state index contributed by atoms with van der Waals surface area (Å²) in [7, 11) is 0. The van der Waals surface area contributed by atoms with Gasteiger partial charge in [-0.15, -0.1) is 0 Å². The molecule has 4 nitrogen and oxygen atoms in total. The van der Waals surface area contributed by atoms with Gasteiger partial charge in [0.1, 0.15) is 0 Å². The molecule has 0 bridgehead atoms. The Balaban J connectivity index is 2.11. The Bertz CT molecular complexity index is 230. The van der Waals surface area contributed by atoms with Crippen molar-refractivity contribution in [2.24, 2.45) is 11.8 Å². The lowest BCUT2D eigenvalue weighted by Gasteiger charge is -2.31. The topological polar surface area (TPSA) is 64.9 Å². The molecule has 1 fully saturated rings. The van der Waals surface area contributed by atoms with Crippen molar-refractivity contribution in [3.63, 3.8) is 0 Å². The van der Waals surface area contributed by atoms with Gasteiger partial charge in [-0.2, -0.15) is 5.26 Å². The minimum atomic E-state index is 0.0957. The Kier molecular flexibility index (Phi) is 4.41. The number of carbonyl (C=O) groups is 1. The highest BCUT2D eigenvalue weighted by Crippen LogP contribution is 2.15. The van der Waals surface area contributed by atoms with E-state index in [0.717, 1.165) is 19.5 Å². The van der Waals surface area contributed by atoms with Gasteiger partial charge in [0.05, 0.1) is 6.07 Å². The third-order valence-electron chi connectivity index (χ3n) is 2.70. The van der Waals surface area contributed by atoms with Crippen molar-refractivity contribution < 1.29 is 4.79 Å². The number of amides is 1. The first-order valence-electron chi connectivity index (χ1n) is 5.11. The highest BCUT2D eigenvalue weighted by Gasteiger charge is 2.28. The van der Waals surface area contributed by atoms with Crippen LogP contribution in [0.2, 0.25) is 0 Å². The van der Waals surface area contributed by atoms with Crippen molar-refractivity contribution in [1.29, 1.82) is 5.26 Å². The van der Waals surface area contributed by atoms with E-state index in [2.05, 4.69) is 16.7 Å². The van der Waals surface area contributed by atoms with Gasteiger partial charge < -0.3 is 10.6 Å². The summed E-state index contributed by atoms with van der Waals surface area (Å²) in [5.41, 5.74) is 0. The zero-order chi connectivity index (χ0) is 10.4. The molecule has 0 saturated carbocycles. The van der Waals surface area contributed by atoms with Gasteiger partial charge in [-0.25, -0.2) is 0 Å². The van der Waals surface area contributed by atoms with Gasteiger partial charge in [0.2, 0.25) is 5.91 Å². The van der Waals surface area contributed by atoms with Gasteiger partial charge in [0.25, 0.3) is 0 Å². The van der Waals surface area contributed by atoms with E-state index >= 15 is 0 Å². The summed E-state index contributed by atoms with van der Waals surface area (Å²) >= 11 is 0. The summed E-state index contributed by atoms with van der Waals surface area (Å²) in [6, 6.07) is 2.05. The van der Waals surface area contributed by atoms with Crippen LogP contribution in [0.1, 0.15) is 19.8 Å². The molecule has 4 heteroatoms. The Morgan fingerprint density at radius 3 is 2.93 bits per heavy atom. The maximum absolute atomic E-state index is 11.5. The fourth-order valence-corrected chi connectivity index (χ4v) is 1.42. The third kappa shape index (κ3) is 3.00. The molecule has 0 radical (unpaired) electrons. The smallest absolute Gasteiger partial charge is 0.223 e. The first-order chi connectivity index (χ1) is 6.75. The first kappa shape index (κ1) is 11.0. The summed E-state index contributed by atoms with van der Waals surface area (Å²) in [5, 5.41) is 14.3. The second-order valence-corrected chi connectivity index (χ2v) is 3.76. The predicted octanol–water partition coefficient (Wildman–Crippen LogP) is 0.262. The van der Waals surface area contributed by atoms with Gasteiger partial charge in [-0.3, -0.25) is 4.79 Å². The first-order valence-corrected chi connectivity index (χ1v) is 5.11. The van der Waals surface area contributed by atoms with Crippen molar-refractivity contribution in [3.05, 3.63) is 0 Å². The van der Waals surface area contributed by atoms with Crippen LogP contribution in [0.15, 0.2) is 0 Å². The van der Waals surface area contributed by atoms with Gasteiger partial charge in [0, 0.05) is 18.9 Å². The van der Waals surface area contributed by atoms with Gasteiger partial charge >= 0.3 is 0 Å². The highest BCUT2D eigenvalue weighted by molar-refractivity contribution is 5.78. The van der Waals surface area contributed by atoms with Crippen LogP contribution >= 0.6 is 0 Å². The SMILES string of the molecule is CC(C(=O)NCCCC#N)C1CNC1. The molecule has 0 aromatic heterocycles. The van der Waals surface area contributed by atoms with Crippen molar-refractivity contribution in [2.75, 3.05) is 19.6 Å². The van der Waals surface area contributed by atoms with E-state index < -0.39 is 0 Å². The largest absolute Gasteiger partial charge is 0.356 e. The number of nitrogens with zero attached hydrogens (tertiary/aromatic N) is 1. The minimum Gasteiger partial charge on any atom is -0.356 e. The predicted molar refractivity (Wildman–Crippen MR) is 53.4 cm³/mol. The number of hydrogen-bond donors (Lipinski definition) is 2. The molecule has 1 amide bonds. The van der Waals surface area contributed by atoms with E-state index in [0.29, 0.717) is 18.9 Å². The van der Waals surface area contributed by atoms with Crippen LogP contribution in [-0.4, -0.2) is 25.5 Å². The summed E-state index contributed by atoms with van der Waals surface area (Å²) in [6.07, 6.45) is 1.26. The van der Waals surface area contributed by atoms with E-state index in [9.17, 15) is 4.79 Å². The molecule has 1 saturated heterocycles. The average molecular weight is 195 g/mol. The van der Waals surface area contributed by atoms with E-state index in [1.54, 1.807) is 0 Å². The molecular weight excluding hydrogens is 178 g/mol. The molecule has 0 aromatic rings. The molecule has 1 atom stereocenters. The van der Waals surface area contributed by atoms with Crippen LogP contribution in [0.25, 0.3) is 0 Å². The molecule has 2 N–H and O–H groups in total. The number of hydrogen-bond acceptors (Lipinski definition) is 3. The maximum atomic E-state index is 11.5. The summed E-state index contributed by atoms with van der Waals surface area (Å²) in [4.78, 5) is 11.5. The number of nitrogens with one attached hydrogen (secondary N) is 2. The van der Waals surface area contributed by atoms with Crippen molar-refractivity contribution in [1.82, 2.24) is 10.6 Å². The number of nitriles is 1. The Morgan fingerprint density at radius 2 is 2.43 bits per heavy atom. The van der Waals surface area contributed by atoms with Crippen LogP contribution in [0.5, 0.6) is 0 Å². The molecule has 0 spiro atoms. The molecule has 1 aliphatic heterocycles. The molecule has 1 heterocycles. The molecule has 1 rings (SSSR count). The van der Waals surface area contributed by atoms with E-state index in [1.165, 1.54) is 0 Å². The molecule has 1 unspecified atom stereocenters. The minimum absolute atomic E-state index is 0.0957. The summed E-state index contributed by atoms with van der Waals surface area (Å²) in [6.45, 7) is 4.49. The third-order valence-corrected chi connectivity index (χ3v) is 2.70. The van der Waals surface area contributed by atoms with Crippen molar-refractivity contribution in [3.8, 4) is 6.07 Å². The lowest BCUT2D eigenvalue weighted by molar-refractivity contribution is -0.126. The summed E-state index contributed by atoms with van der Waals surface area (Å²) < 4.78 is 0. The standard InChI is InChI=1S/C10H17N3O/c1-8(9-6-12-7-9)10(14)13-5-3-2-4-11/h8-9,12H,2-3,5-7H2,1H3,(H,13,14). The molecule has 1 aliphatic rings. The zero-order valence-electron chi connectivity index (χ0n) is 8.55. The molecule has 78 valence electrons. The number of carbonyl (C=O) groups excluding carboxylic acids is 1. The number of rotatable bonds is 5. The van der Waals surface area contributed by atoms with Crippen LogP contribution in [0, 0.1) is 23.2 Å². The second kappa shape index (κ2) is 5.61. The quantitative estimate of drug-likeness (QED) is 0.618.